The maximum Gasteiger partial charge on any atom is 0.236 e. The van der Waals surface area contributed by atoms with E-state index in [4.69, 9.17) is 4.43 Å². The second-order valence-electron chi connectivity index (χ2n) is 7.70. The molecule has 1 aliphatic heterocycles. The van der Waals surface area contributed by atoms with Crippen molar-refractivity contribution in [2.45, 2.75) is 75.1 Å². The molecule has 0 aliphatic carbocycles. The SMILES string of the molecule is CC(C)[Si](O[C@@H](c1ccccc1)[C@@H]1NC(=O)[C@H]1Br)(C(C)C)C(C)C. The van der Waals surface area contributed by atoms with Gasteiger partial charge >= 0.3 is 0 Å². The summed E-state index contributed by atoms with van der Waals surface area (Å²) in [6.07, 6.45) is -0.104. The van der Waals surface area contributed by atoms with E-state index in [2.05, 4.69) is 74.9 Å². The molecule has 1 heterocycles. The molecule has 0 radical (unpaired) electrons. The highest BCUT2D eigenvalue weighted by Crippen LogP contribution is 2.46. The van der Waals surface area contributed by atoms with Crippen molar-refractivity contribution in [2.24, 2.45) is 0 Å². The number of β-lactam (4-membered cyclic amide) rings is 1. The van der Waals surface area contributed by atoms with Crippen LogP contribution in [-0.2, 0) is 9.22 Å². The molecule has 3 nitrogen and oxygen atoms in total. The van der Waals surface area contributed by atoms with E-state index in [0.717, 1.165) is 5.56 Å². The lowest BCUT2D eigenvalue weighted by atomic mass is 9.94. The van der Waals surface area contributed by atoms with Crippen LogP contribution < -0.4 is 5.32 Å². The Balaban J connectivity index is 2.41. The Kier molecular flexibility index (Phi) is 6.32. The first-order valence-corrected chi connectivity index (χ1v) is 11.9. The fourth-order valence-corrected chi connectivity index (χ4v) is 10.3. The third kappa shape index (κ3) is 3.49. The lowest BCUT2D eigenvalue weighted by Crippen LogP contribution is -2.64. The minimum Gasteiger partial charge on any atom is -0.407 e. The van der Waals surface area contributed by atoms with Crippen molar-refractivity contribution in [2.75, 3.05) is 0 Å². The van der Waals surface area contributed by atoms with Gasteiger partial charge in [-0.1, -0.05) is 87.8 Å². The first-order chi connectivity index (χ1) is 11.2. The number of alkyl halides is 1. The molecule has 0 aromatic heterocycles. The summed E-state index contributed by atoms with van der Waals surface area (Å²) < 4.78 is 7.03. The summed E-state index contributed by atoms with van der Waals surface area (Å²) in [7, 11) is -2.04. The van der Waals surface area contributed by atoms with E-state index >= 15 is 0 Å². The van der Waals surface area contributed by atoms with E-state index in [9.17, 15) is 4.79 Å². The maximum atomic E-state index is 11.7. The molecule has 1 N–H and O–H groups in total. The molecular formula is C19H30BrNO2Si. The van der Waals surface area contributed by atoms with E-state index in [1.54, 1.807) is 0 Å². The highest BCUT2D eigenvalue weighted by atomic mass is 79.9. The van der Waals surface area contributed by atoms with Crippen LogP contribution in [-0.4, -0.2) is 25.1 Å². The van der Waals surface area contributed by atoms with Gasteiger partial charge in [-0.05, 0) is 22.2 Å². The van der Waals surface area contributed by atoms with E-state index in [1.165, 1.54) is 0 Å². The molecule has 2 rings (SSSR count). The lowest BCUT2D eigenvalue weighted by molar-refractivity contribution is -0.129. The molecule has 5 heteroatoms. The largest absolute Gasteiger partial charge is 0.407 e. The van der Waals surface area contributed by atoms with Gasteiger partial charge in [0, 0.05) is 0 Å². The molecule has 134 valence electrons. The molecule has 1 aromatic carbocycles. The standard InChI is InChI=1S/C19H30BrNO2Si/c1-12(2)24(13(3)4,14(5)6)23-18(15-10-8-7-9-11-15)17-16(20)19(22)21-17/h7-14,16-18H,1-6H3,(H,21,22)/t16-,17+,18-/m0/s1. The molecule has 1 saturated heterocycles. The van der Waals surface area contributed by atoms with Crippen LogP contribution in [0.5, 0.6) is 0 Å². The second kappa shape index (κ2) is 7.71. The molecule has 0 saturated carbocycles. The van der Waals surface area contributed by atoms with Crippen LogP contribution in [0.25, 0.3) is 0 Å². The molecule has 1 amide bonds. The zero-order chi connectivity index (χ0) is 18.1. The predicted octanol–water partition coefficient (Wildman–Crippen LogP) is 5.18. The molecule has 0 spiro atoms. The number of hydrogen-bond acceptors (Lipinski definition) is 2. The third-order valence-corrected chi connectivity index (χ3v) is 12.4. The molecule has 24 heavy (non-hydrogen) atoms. The van der Waals surface area contributed by atoms with Gasteiger partial charge in [-0.15, -0.1) is 0 Å². The van der Waals surface area contributed by atoms with Gasteiger partial charge in [0.2, 0.25) is 14.2 Å². The van der Waals surface area contributed by atoms with E-state index in [0.29, 0.717) is 16.6 Å². The van der Waals surface area contributed by atoms with Crippen LogP contribution in [0, 0.1) is 0 Å². The molecule has 0 bridgehead atoms. The number of hydrogen-bond donors (Lipinski definition) is 1. The van der Waals surface area contributed by atoms with Crippen molar-refractivity contribution in [1.29, 1.82) is 0 Å². The normalized spacial score (nSPS) is 22.7. The average Bonchev–Trinajstić information content (AvgIpc) is 2.54. The minimum atomic E-state index is -2.04. The Morgan fingerprint density at radius 2 is 1.50 bits per heavy atom. The molecule has 1 aromatic rings. The van der Waals surface area contributed by atoms with Gasteiger partial charge in [0.15, 0.2) is 0 Å². The van der Waals surface area contributed by atoms with Crippen LogP contribution in [0.2, 0.25) is 16.6 Å². The summed E-state index contributed by atoms with van der Waals surface area (Å²) in [5, 5.41) is 3.04. The molecule has 3 atom stereocenters. The van der Waals surface area contributed by atoms with Crippen LogP contribution >= 0.6 is 15.9 Å². The Labute approximate surface area is 155 Å². The van der Waals surface area contributed by atoms with Gasteiger partial charge in [0.25, 0.3) is 0 Å². The summed E-state index contributed by atoms with van der Waals surface area (Å²) in [6, 6.07) is 10.3. The van der Waals surface area contributed by atoms with E-state index in [-0.39, 0.29) is 22.9 Å². The average molecular weight is 412 g/mol. The van der Waals surface area contributed by atoms with Crippen molar-refractivity contribution >= 4 is 30.2 Å². The van der Waals surface area contributed by atoms with Crippen LogP contribution in [0.4, 0.5) is 0 Å². The molecular weight excluding hydrogens is 382 g/mol. The quantitative estimate of drug-likeness (QED) is 0.381. The molecule has 0 unspecified atom stereocenters. The highest BCUT2D eigenvalue weighted by Gasteiger charge is 2.51. The summed E-state index contributed by atoms with van der Waals surface area (Å²) in [4.78, 5) is 11.6. The Morgan fingerprint density at radius 3 is 1.88 bits per heavy atom. The van der Waals surface area contributed by atoms with E-state index < -0.39 is 8.32 Å². The first kappa shape index (κ1) is 19.7. The maximum absolute atomic E-state index is 11.7. The summed E-state index contributed by atoms with van der Waals surface area (Å²) >= 11 is 3.53. The molecule has 1 fully saturated rings. The second-order valence-corrected chi connectivity index (χ2v) is 14.1. The lowest BCUT2D eigenvalue weighted by Gasteiger charge is -2.48. The number of halogens is 1. The van der Waals surface area contributed by atoms with Gasteiger partial charge in [0.1, 0.15) is 4.83 Å². The minimum absolute atomic E-state index is 0.0111. The number of carbonyl (C=O) groups is 1. The summed E-state index contributed by atoms with van der Waals surface area (Å²) in [5.41, 5.74) is 2.67. The monoisotopic (exact) mass is 411 g/mol. The van der Waals surface area contributed by atoms with Crippen LogP contribution in [0.1, 0.15) is 53.2 Å². The number of rotatable bonds is 7. The van der Waals surface area contributed by atoms with Crippen LogP contribution in [0.15, 0.2) is 30.3 Å². The Hall–Kier alpha value is -0.653. The Morgan fingerprint density at radius 1 is 1.00 bits per heavy atom. The molecule has 1 aliphatic rings. The third-order valence-electron chi connectivity index (χ3n) is 5.37. The van der Waals surface area contributed by atoms with Crippen molar-refractivity contribution in [1.82, 2.24) is 5.32 Å². The van der Waals surface area contributed by atoms with Crippen molar-refractivity contribution in [3.05, 3.63) is 35.9 Å². The van der Waals surface area contributed by atoms with Gasteiger partial charge < -0.3 is 9.74 Å². The first-order valence-electron chi connectivity index (χ1n) is 8.89. The fraction of sp³-hybridized carbons (Fsp3) is 0.632. The number of benzene rings is 1. The van der Waals surface area contributed by atoms with Crippen molar-refractivity contribution in [3.63, 3.8) is 0 Å². The zero-order valence-electron chi connectivity index (χ0n) is 15.5. The van der Waals surface area contributed by atoms with Gasteiger partial charge in [-0.3, -0.25) is 4.79 Å². The zero-order valence-corrected chi connectivity index (χ0v) is 18.1. The number of amides is 1. The van der Waals surface area contributed by atoms with Crippen molar-refractivity contribution in [3.8, 4) is 0 Å². The smallest absolute Gasteiger partial charge is 0.236 e. The fourth-order valence-electron chi connectivity index (χ4n) is 4.23. The summed E-state index contributed by atoms with van der Waals surface area (Å²) in [6.45, 7) is 13.7. The van der Waals surface area contributed by atoms with E-state index in [1.807, 2.05) is 18.2 Å². The van der Waals surface area contributed by atoms with Gasteiger partial charge in [-0.25, -0.2) is 0 Å². The van der Waals surface area contributed by atoms with Gasteiger partial charge in [0.05, 0.1) is 12.1 Å². The van der Waals surface area contributed by atoms with Crippen LogP contribution in [0.3, 0.4) is 0 Å². The predicted molar refractivity (Wildman–Crippen MR) is 106 cm³/mol. The highest BCUT2D eigenvalue weighted by molar-refractivity contribution is 9.10. The number of nitrogens with one attached hydrogen (secondary N) is 1. The number of carbonyl (C=O) groups excluding carboxylic acids is 1. The van der Waals surface area contributed by atoms with Crippen molar-refractivity contribution < 1.29 is 9.22 Å². The topological polar surface area (TPSA) is 38.3 Å². The summed E-state index contributed by atoms with van der Waals surface area (Å²) in [5.74, 6) is 0.0513. The Bertz CT molecular complexity index is 540. The van der Waals surface area contributed by atoms with Gasteiger partial charge in [-0.2, -0.15) is 0 Å².